The highest BCUT2D eigenvalue weighted by Gasteiger charge is 2.43. The maximum absolute atomic E-state index is 13.8. The van der Waals surface area contributed by atoms with Crippen LogP contribution < -0.4 is 0 Å². The lowest BCUT2D eigenvalue weighted by Gasteiger charge is -2.29. The van der Waals surface area contributed by atoms with E-state index in [1.165, 1.54) is 29.3 Å². The second-order valence-corrected chi connectivity index (χ2v) is 10.1. The van der Waals surface area contributed by atoms with Gasteiger partial charge in [-0.05, 0) is 71.5 Å². The maximum Gasteiger partial charge on any atom is 0.330 e. The topological polar surface area (TPSA) is 103 Å². The van der Waals surface area contributed by atoms with Crippen LogP contribution in [-0.4, -0.2) is 49.4 Å². The van der Waals surface area contributed by atoms with E-state index in [1.807, 2.05) is 36.4 Å². The Balaban J connectivity index is 1.19. The molecule has 2 heterocycles. The molecule has 1 aliphatic carbocycles. The molecule has 0 bridgehead atoms. The van der Waals surface area contributed by atoms with E-state index in [4.69, 9.17) is 9.84 Å². The standard InChI is InChI=1S/C31H26F2N6O3/c32-24-13-9-20(10-14-24)17-23-7-4-8-26-29(23)35-39(30(26)21-11-15-25(33)16-12-21)27(40)19-42-28(41)18-38-36-31(34-37-38)22-5-2-1-3-6-22/h1-3,5-6,9-17,26,30H,4,7-8,18-19H2. The molecule has 1 saturated carbocycles. The van der Waals surface area contributed by atoms with E-state index in [1.54, 1.807) is 24.3 Å². The lowest BCUT2D eigenvalue weighted by molar-refractivity contribution is -0.153. The van der Waals surface area contributed by atoms with Crippen molar-refractivity contribution in [3.8, 4) is 11.4 Å². The molecule has 1 aliphatic heterocycles. The minimum Gasteiger partial charge on any atom is -0.454 e. The second-order valence-electron chi connectivity index (χ2n) is 10.1. The smallest absolute Gasteiger partial charge is 0.330 e. The molecule has 0 saturated heterocycles. The van der Waals surface area contributed by atoms with E-state index in [0.29, 0.717) is 5.82 Å². The molecule has 9 nitrogen and oxygen atoms in total. The van der Waals surface area contributed by atoms with Crippen molar-refractivity contribution < 1.29 is 23.1 Å². The van der Waals surface area contributed by atoms with Gasteiger partial charge in [0.1, 0.15) is 11.6 Å². The van der Waals surface area contributed by atoms with Crippen molar-refractivity contribution in [3.63, 3.8) is 0 Å². The van der Waals surface area contributed by atoms with Gasteiger partial charge in [-0.15, -0.1) is 10.2 Å². The zero-order chi connectivity index (χ0) is 29.1. The lowest BCUT2D eigenvalue weighted by Crippen LogP contribution is -2.34. The highest BCUT2D eigenvalue weighted by atomic mass is 19.1. The highest BCUT2D eigenvalue weighted by Crippen LogP contribution is 2.44. The largest absolute Gasteiger partial charge is 0.454 e. The number of aromatic nitrogens is 4. The summed E-state index contributed by atoms with van der Waals surface area (Å²) in [5, 5.41) is 18.1. The van der Waals surface area contributed by atoms with Gasteiger partial charge in [-0.3, -0.25) is 4.79 Å². The van der Waals surface area contributed by atoms with Crippen LogP contribution in [0.15, 0.2) is 89.5 Å². The summed E-state index contributed by atoms with van der Waals surface area (Å²) in [5.41, 5.74) is 4.00. The molecule has 0 spiro atoms. The van der Waals surface area contributed by atoms with Crippen LogP contribution in [0.1, 0.15) is 36.4 Å². The summed E-state index contributed by atoms with van der Waals surface area (Å²) in [6.07, 6.45) is 4.33. The molecular weight excluding hydrogens is 542 g/mol. The quantitative estimate of drug-likeness (QED) is 0.291. The number of hydrazone groups is 1. The summed E-state index contributed by atoms with van der Waals surface area (Å²) < 4.78 is 32.5. The van der Waals surface area contributed by atoms with Gasteiger partial charge in [-0.2, -0.15) is 9.90 Å². The summed E-state index contributed by atoms with van der Waals surface area (Å²) in [5.74, 6) is -1.71. The van der Waals surface area contributed by atoms with Crippen LogP contribution in [0.3, 0.4) is 0 Å². The molecule has 3 aromatic carbocycles. The Morgan fingerprint density at radius 2 is 1.67 bits per heavy atom. The fourth-order valence-corrected chi connectivity index (χ4v) is 5.34. The summed E-state index contributed by atoms with van der Waals surface area (Å²) in [4.78, 5) is 27.1. The minimum atomic E-state index is -0.708. The first-order valence-electron chi connectivity index (χ1n) is 13.6. The Morgan fingerprint density at radius 1 is 0.952 bits per heavy atom. The Morgan fingerprint density at radius 3 is 2.40 bits per heavy atom. The Kier molecular flexibility index (Phi) is 7.63. The third-order valence-electron chi connectivity index (χ3n) is 7.29. The number of tetrazole rings is 1. The van der Waals surface area contributed by atoms with E-state index in [-0.39, 0.29) is 24.1 Å². The molecule has 212 valence electrons. The number of amides is 1. The van der Waals surface area contributed by atoms with Crippen LogP contribution in [-0.2, 0) is 20.9 Å². The molecule has 11 heteroatoms. The first-order valence-corrected chi connectivity index (χ1v) is 13.6. The average Bonchev–Trinajstić information content (AvgIpc) is 3.64. The minimum absolute atomic E-state index is 0.133. The number of ether oxygens (including phenoxy) is 1. The van der Waals surface area contributed by atoms with Gasteiger partial charge in [0.25, 0.3) is 5.91 Å². The predicted molar refractivity (Wildman–Crippen MR) is 149 cm³/mol. The number of carbonyl (C=O) groups is 2. The van der Waals surface area contributed by atoms with Crippen molar-refractivity contribution in [2.24, 2.45) is 11.0 Å². The molecule has 2 aliphatic rings. The van der Waals surface area contributed by atoms with E-state index in [2.05, 4.69) is 15.4 Å². The normalized spacial score (nSPS) is 19.0. The first-order chi connectivity index (χ1) is 20.4. The van der Waals surface area contributed by atoms with Gasteiger partial charge in [0.15, 0.2) is 13.2 Å². The van der Waals surface area contributed by atoms with Crippen molar-refractivity contribution in [2.45, 2.75) is 31.8 Å². The molecule has 1 fully saturated rings. The number of nitrogens with zero attached hydrogens (tertiary/aromatic N) is 6. The fourth-order valence-electron chi connectivity index (χ4n) is 5.34. The second kappa shape index (κ2) is 11.8. The molecule has 4 aromatic rings. The number of fused-ring (bicyclic) bond motifs is 1. The van der Waals surface area contributed by atoms with Gasteiger partial charge in [0.2, 0.25) is 5.82 Å². The molecule has 42 heavy (non-hydrogen) atoms. The molecule has 1 amide bonds. The van der Waals surface area contributed by atoms with Crippen molar-refractivity contribution in [1.82, 2.24) is 25.2 Å². The third-order valence-corrected chi connectivity index (χ3v) is 7.29. The van der Waals surface area contributed by atoms with Crippen LogP contribution >= 0.6 is 0 Å². The molecule has 2 unspecified atom stereocenters. The lowest BCUT2D eigenvalue weighted by atomic mass is 9.77. The van der Waals surface area contributed by atoms with Gasteiger partial charge >= 0.3 is 5.97 Å². The van der Waals surface area contributed by atoms with Gasteiger partial charge in [0.05, 0.1) is 11.8 Å². The predicted octanol–water partition coefficient (Wildman–Crippen LogP) is 4.98. The number of benzene rings is 3. The Labute approximate surface area is 240 Å². The zero-order valence-electron chi connectivity index (χ0n) is 22.4. The molecule has 0 radical (unpaired) electrons. The average molecular weight is 569 g/mol. The summed E-state index contributed by atoms with van der Waals surface area (Å²) in [6, 6.07) is 20.9. The molecule has 1 aromatic heterocycles. The van der Waals surface area contributed by atoms with Crippen molar-refractivity contribution >= 4 is 23.7 Å². The zero-order valence-corrected chi connectivity index (χ0v) is 22.4. The summed E-state index contributed by atoms with van der Waals surface area (Å²) in [6.45, 7) is -0.868. The van der Waals surface area contributed by atoms with E-state index in [0.717, 1.165) is 52.0 Å². The van der Waals surface area contributed by atoms with Gasteiger partial charge in [-0.1, -0.05) is 54.6 Å². The van der Waals surface area contributed by atoms with Crippen LogP contribution in [0.2, 0.25) is 0 Å². The van der Waals surface area contributed by atoms with Crippen LogP contribution in [0.5, 0.6) is 0 Å². The number of rotatable bonds is 7. The number of allylic oxidation sites excluding steroid dienone is 1. The Bertz CT molecular complexity index is 1650. The molecule has 0 N–H and O–H groups in total. The number of hydrogen-bond acceptors (Lipinski definition) is 7. The number of esters is 1. The maximum atomic E-state index is 13.8. The van der Waals surface area contributed by atoms with E-state index in [9.17, 15) is 18.4 Å². The molecule has 2 atom stereocenters. The summed E-state index contributed by atoms with van der Waals surface area (Å²) >= 11 is 0. The number of carbonyl (C=O) groups excluding carboxylic acids is 2. The van der Waals surface area contributed by atoms with Crippen molar-refractivity contribution in [2.75, 3.05) is 6.61 Å². The van der Waals surface area contributed by atoms with Crippen LogP contribution in [0.25, 0.3) is 17.5 Å². The highest BCUT2D eigenvalue weighted by molar-refractivity contribution is 6.08. The van der Waals surface area contributed by atoms with Crippen LogP contribution in [0.4, 0.5) is 8.78 Å². The van der Waals surface area contributed by atoms with Crippen molar-refractivity contribution in [3.05, 3.63) is 107 Å². The van der Waals surface area contributed by atoms with E-state index >= 15 is 0 Å². The SMILES string of the molecule is O=C(Cn1nnc(-c2ccccc2)n1)OCC(=O)N1N=C2C(=Cc3ccc(F)cc3)CCCC2C1c1ccc(F)cc1. The first kappa shape index (κ1) is 27.1. The van der Waals surface area contributed by atoms with Gasteiger partial charge in [-0.25, -0.2) is 18.6 Å². The van der Waals surface area contributed by atoms with E-state index < -0.39 is 24.5 Å². The fraction of sp³-hybridized carbons (Fsp3) is 0.226. The van der Waals surface area contributed by atoms with Crippen LogP contribution in [0, 0.1) is 17.6 Å². The van der Waals surface area contributed by atoms with Gasteiger partial charge in [0, 0.05) is 11.5 Å². The number of hydrogen-bond donors (Lipinski definition) is 0. The third kappa shape index (κ3) is 5.85. The Hall–Kier alpha value is -5.06. The van der Waals surface area contributed by atoms with Crippen molar-refractivity contribution in [1.29, 1.82) is 0 Å². The number of halogens is 2. The van der Waals surface area contributed by atoms with Gasteiger partial charge < -0.3 is 4.74 Å². The monoisotopic (exact) mass is 568 g/mol. The molecular formula is C31H26F2N6O3. The summed E-state index contributed by atoms with van der Waals surface area (Å²) in [7, 11) is 0. The molecule has 6 rings (SSSR count).